The van der Waals surface area contributed by atoms with Crippen molar-refractivity contribution in [3.8, 4) is 0 Å². The molecule has 3 N–H and O–H groups in total. The summed E-state index contributed by atoms with van der Waals surface area (Å²) in [6.07, 6.45) is 5.20. The van der Waals surface area contributed by atoms with Crippen molar-refractivity contribution in [1.29, 1.82) is 0 Å². The van der Waals surface area contributed by atoms with Gasteiger partial charge in [0.25, 0.3) is 0 Å². The van der Waals surface area contributed by atoms with E-state index < -0.39 is 0 Å². The van der Waals surface area contributed by atoms with Gasteiger partial charge in [0, 0.05) is 6.20 Å². The molecule has 82 valence electrons. The van der Waals surface area contributed by atoms with Gasteiger partial charge in [0.05, 0.1) is 36.0 Å². The van der Waals surface area contributed by atoms with Gasteiger partial charge in [-0.15, -0.1) is 0 Å². The molecule has 2 aromatic heterocycles. The Morgan fingerprint density at radius 1 is 1.12 bits per heavy atom. The van der Waals surface area contributed by atoms with E-state index in [0.29, 0.717) is 12.4 Å². The number of nitrogens with zero attached hydrogens (tertiary/aromatic N) is 3. The maximum atomic E-state index is 5.49. The van der Waals surface area contributed by atoms with Crippen LogP contribution in [0.25, 0.3) is 0 Å². The van der Waals surface area contributed by atoms with E-state index in [9.17, 15) is 0 Å². The molecule has 0 aromatic carbocycles. The van der Waals surface area contributed by atoms with Crippen LogP contribution in [0.3, 0.4) is 0 Å². The molecular weight excluding hydrogens is 202 g/mol. The molecule has 0 unspecified atom stereocenters. The number of nitrogens with two attached hydrogens (primary N) is 1. The second-order valence-electron chi connectivity index (χ2n) is 3.47. The van der Waals surface area contributed by atoms with Crippen LogP contribution in [-0.4, -0.2) is 15.0 Å². The van der Waals surface area contributed by atoms with Gasteiger partial charge in [0.15, 0.2) is 0 Å². The molecule has 2 heterocycles. The summed E-state index contributed by atoms with van der Waals surface area (Å²) < 4.78 is 0. The van der Waals surface area contributed by atoms with Crippen LogP contribution >= 0.6 is 0 Å². The molecule has 5 heteroatoms. The van der Waals surface area contributed by atoms with Crippen molar-refractivity contribution < 1.29 is 0 Å². The number of aryl methyl sites for hydroxylation is 1. The highest BCUT2D eigenvalue weighted by molar-refractivity contribution is 5.45. The Morgan fingerprint density at radius 2 is 2.00 bits per heavy atom. The second-order valence-corrected chi connectivity index (χ2v) is 3.47. The number of pyridine rings is 1. The topological polar surface area (TPSA) is 76.7 Å². The third kappa shape index (κ3) is 2.66. The Kier molecular flexibility index (Phi) is 2.95. The highest BCUT2D eigenvalue weighted by Crippen LogP contribution is 2.08. The van der Waals surface area contributed by atoms with Crippen LogP contribution in [0.4, 0.5) is 11.5 Å². The summed E-state index contributed by atoms with van der Waals surface area (Å²) in [5, 5.41) is 3.19. The Balaban J connectivity index is 1.97. The van der Waals surface area contributed by atoms with Gasteiger partial charge in [0.2, 0.25) is 0 Å². The summed E-state index contributed by atoms with van der Waals surface area (Å²) in [5.74, 6) is 0.515. The summed E-state index contributed by atoms with van der Waals surface area (Å²) >= 11 is 0. The lowest BCUT2D eigenvalue weighted by Crippen LogP contribution is -2.03. The first-order chi connectivity index (χ1) is 7.74. The van der Waals surface area contributed by atoms with Crippen LogP contribution in [0.5, 0.6) is 0 Å². The first kappa shape index (κ1) is 10.4. The average molecular weight is 215 g/mol. The van der Waals surface area contributed by atoms with Crippen LogP contribution in [0, 0.1) is 6.92 Å². The second kappa shape index (κ2) is 4.57. The van der Waals surface area contributed by atoms with E-state index in [2.05, 4.69) is 20.3 Å². The van der Waals surface area contributed by atoms with Crippen LogP contribution in [0.2, 0.25) is 0 Å². The van der Waals surface area contributed by atoms with E-state index in [4.69, 9.17) is 5.73 Å². The van der Waals surface area contributed by atoms with Crippen molar-refractivity contribution in [2.75, 3.05) is 11.1 Å². The van der Waals surface area contributed by atoms with Crippen molar-refractivity contribution in [3.05, 3.63) is 42.1 Å². The fourth-order valence-electron chi connectivity index (χ4n) is 1.21. The molecule has 0 spiro atoms. The number of nitrogens with one attached hydrogen (secondary N) is 1. The Labute approximate surface area is 93.8 Å². The van der Waals surface area contributed by atoms with Crippen LogP contribution in [0.1, 0.15) is 11.4 Å². The van der Waals surface area contributed by atoms with Crippen molar-refractivity contribution in [3.63, 3.8) is 0 Å². The van der Waals surface area contributed by atoms with Gasteiger partial charge in [-0.1, -0.05) is 0 Å². The van der Waals surface area contributed by atoms with Crippen molar-refractivity contribution in [2.45, 2.75) is 13.5 Å². The van der Waals surface area contributed by atoms with E-state index in [-0.39, 0.29) is 0 Å². The number of rotatable bonds is 3. The van der Waals surface area contributed by atoms with Crippen LogP contribution in [-0.2, 0) is 6.54 Å². The van der Waals surface area contributed by atoms with Gasteiger partial charge >= 0.3 is 0 Å². The molecule has 2 rings (SSSR count). The monoisotopic (exact) mass is 215 g/mol. The van der Waals surface area contributed by atoms with Gasteiger partial charge in [-0.2, -0.15) is 0 Å². The molecule has 2 aromatic rings. The predicted octanol–water partition coefficient (Wildman–Crippen LogP) is 1.37. The number of nitrogen functional groups attached to an aromatic ring is 1. The molecular formula is C11H13N5. The molecule has 0 aliphatic carbocycles. The number of hydrogen-bond acceptors (Lipinski definition) is 5. The third-order valence-corrected chi connectivity index (χ3v) is 2.09. The van der Waals surface area contributed by atoms with Crippen LogP contribution < -0.4 is 11.1 Å². The SMILES string of the molecule is Cc1cnc(CNc2ccc(N)nc2)cn1. The largest absolute Gasteiger partial charge is 0.384 e. The number of aromatic nitrogens is 3. The molecule has 0 amide bonds. The zero-order chi connectivity index (χ0) is 11.4. The number of hydrogen-bond donors (Lipinski definition) is 2. The molecule has 0 saturated heterocycles. The van der Waals surface area contributed by atoms with Gasteiger partial charge in [-0.05, 0) is 19.1 Å². The Bertz CT molecular complexity index is 403. The fourth-order valence-corrected chi connectivity index (χ4v) is 1.21. The van der Waals surface area contributed by atoms with Gasteiger partial charge in [-0.25, -0.2) is 4.98 Å². The quantitative estimate of drug-likeness (QED) is 0.808. The molecule has 0 atom stereocenters. The molecule has 0 radical (unpaired) electrons. The normalized spacial score (nSPS) is 10.1. The number of anilines is 2. The van der Waals surface area contributed by atoms with Crippen molar-refractivity contribution in [2.24, 2.45) is 0 Å². The van der Waals surface area contributed by atoms with Crippen molar-refractivity contribution >= 4 is 11.5 Å². The zero-order valence-electron chi connectivity index (χ0n) is 9.01. The lowest BCUT2D eigenvalue weighted by Gasteiger charge is -2.05. The fraction of sp³-hybridized carbons (Fsp3) is 0.182. The average Bonchev–Trinajstić information content (AvgIpc) is 2.30. The third-order valence-electron chi connectivity index (χ3n) is 2.09. The standard InChI is InChI=1S/C11H13N5/c1-8-4-14-10(6-13-8)7-15-9-2-3-11(12)16-5-9/h2-6,15H,7H2,1H3,(H2,12,16). The Morgan fingerprint density at radius 3 is 2.62 bits per heavy atom. The minimum Gasteiger partial charge on any atom is -0.384 e. The summed E-state index contributed by atoms with van der Waals surface area (Å²) in [6, 6.07) is 3.63. The maximum Gasteiger partial charge on any atom is 0.123 e. The minimum atomic E-state index is 0.515. The first-order valence-electron chi connectivity index (χ1n) is 4.97. The highest BCUT2D eigenvalue weighted by Gasteiger charge is 1.96. The lowest BCUT2D eigenvalue weighted by molar-refractivity contribution is 0.983. The maximum absolute atomic E-state index is 5.49. The van der Waals surface area contributed by atoms with Gasteiger partial charge in [-0.3, -0.25) is 9.97 Å². The smallest absolute Gasteiger partial charge is 0.123 e. The van der Waals surface area contributed by atoms with Crippen LogP contribution in [0.15, 0.2) is 30.7 Å². The molecule has 0 bridgehead atoms. The van der Waals surface area contributed by atoms with E-state index in [1.165, 1.54) is 0 Å². The highest BCUT2D eigenvalue weighted by atomic mass is 14.9. The summed E-state index contributed by atoms with van der Waals surface area (Å²) in [5.41, 5.74) is 8.21. The van der Waals surface area contributed by atoms with Gasteiger partial charge in [0.1, 0.15) is 5.82 Å². The summed E-state index contributed by atoms with van der Waals surface area (Å²) in [4.78, 5) is 12.4. The molecule has 0 aliphatic heterocycles. The molecule has 0 aliphatic rings. The lowest BCUT2D eigenvalue weighted by atomic mass is 10.3. The van der Waals surface area contributed by atoms with E-state index in [0.717, 1.165) is 17.1 Å². The van der Waals surface area contributed by atoms with Gasteiger partial charge < -0.3 is 11.1 Å². The van der Waals surface area contributed by atoms with E-state index in [1.807, 2.05) is 13.0 Å². The molecule has 0 saturated carbocycles. The molecule has 16 heavy (non-hydrogen) atoms. The zero-order valence-corrected chi connectivity index (χ0v) is 9.01. The van der Waals surface area contributed by atoms with E-state index in [1.54, 1.807) is 24.7 Å². The van der Waals surface area contributed by atoms with E-state index >= 15 is 0 Å². The van der Waals surface area contributed by atoms with Crippen molar-refractivity contribution in [1.82, 2.24) is 15.0 Å². The Hall–Kier alpha value is -2.17. The first-order valence-corrected chi connectivity index (χ1v) is 4.97. The summed E-state index contributed by atoms with van der Waals surface area (Å²) in [6.45, 7) is 2.53. The minimum absolute atomic E-state index is 0.515. The molecule has 0 fully saturated rings. The summed E-state index contributed by atoms with van der Waals surface area (Å²) in [7, 11) is 0. The predicted molar refractivity (Wildman–Crippen MR) is 62.7 cm³/mol. The molecule has 5 nitrogen and oxygen atoms in total.